The number of hydrogen-bond donors (Lipinski definition) is 1. The number of aromatic nitrogens is 1. The first-order valence-corrected chi connectivity index (χ1v) is 5.20. The van der Waals surface area contributed by atoms with Gasteiger partial charge in [0.05, 0.1) is 12.3 Å². The Labute approximate surface area is 90.0 Å². The molecule has 0 amide bonds. The number of rotatable bonds is 4. The van der Waals surface area contributed by atoms with Crippen LogP contribution in [0, 0.1) is 0 Å². The van der Waals surface area contributed by atoms with Crippen LogP contribution in [0.25, 0.3) is 0 Å². The zero-order valence-corrected chi connectivity index (χ0v) is 9.49. The summed E-state index contributed by atoms with van der Waals surface area (Å²) in [5, 5.41) is 0. The Balaban J connectivity index is 2.87. The normalized spacial score (nSPS) is 10.7. The molecule has 1 rings (SSSR count). The fourth-order valence-corrected chi connectivity index (χ4v) is 1.36. The number of anilines is 1. The summed E-state index contributed by atoms with van der Waals surface area (Å²) < 4.78 is 6.89. The average Bonchev–Trinajstić information content (AvgIpc) is 2.57. The molecule has 0 bridgehead atoms. The fraction of sp³-hybridized carbons (Fsp3) is 0.545. The molecule has 0 unspecified atom stereocenters. The van der Waals surface area contributed by atoms with Gasteiger partial charge in [-0.3, -0.25) is 0 Å². The maximum atomic E-state index is 11.6. The zero-order valence-electron chi connectivity index (χ0n) is 9.49. The van der Waals surface area contributed by atoms with E-state index < -0.39 is 0 Å². The highest BCUT2D eigenvalue weighted by Gasteiger charge is 2.15. The van der Waals surface area contributed by atoms with Crippen molar-refractivity contribution in [3.05, 3.63) is 18.0 Å². The molecule has 1 heterocycles. The van der Waals surface area contributed by atoms with Crippen molar-refractivity contribution in [2.45, 2.75) is 33.2 Å². The smallest absolute Gasteiger partial charge is 0.355 e. The summed E-state index contributed by atoms with van der Waals surface area (Å²) >= 11 is 0. The van der Waals surface area contributed by atoms with E-state index in [0.717, 1.165) is 6.42 Å². The molecule has 84 valence electrons. The molecule has 0 aliphatic carbocycles. The molecule has 1 aromatic heterocycles. The van der Waals surface area contributed by atoms with Crippen molar-refractivity contribution in [1.29, 1.82) is 0 Å². The monoisotopic (exact) mass is 210 g/mol. The molecule has 2 N–H and O–H groups in total. The molecule has 15 heavy (non-hydrogen) atoms. The highest BCUT2D eigenvalue weighted by molar-refractivity contribution is 5.89. The fourth-order valence-electron chi connectivity index (χ4n) is 1.36. The first-order valence-electron chi connectivity index (χ1n) is 5.20. The Morgan fingerprint density at radius 1 is 1.60 bits per heavy atom. The van der Waals surface area contributed by atoms with Crippen LogP contribution in [-0.4, -0.2) is 17.1 Å². The minimum absolute atomic E-state index is 0.200. The van der Waals surface area contributed by atoms with Gasteiger partial charge in [-0.25, -0.2) is 4.79 Å². The van der Waals surface area contributed by atoms with Gasteiger partial charge in [-0.1, -0.05) is 6.92 Å². The van der Waals surface area contributed by atoms with Crippen LogP contribution in [-0.2, 0) is 4.74 Å². The molecule has 0 saturated heterocycles. The number of nitrogen functional groups attached to an aromatic ring is 1. The lowest BCUT2D eigenvalue weighted by atomic mass is 10.3. The summed E-state index contributed by atoms with van der Waals surface area (Å²) in [7, 11) is 0. The number of esters is 1. The molecule has 0 aliphatic heterocycles. The predicted molar refractivity (Wildman–Crippen MR) is 59.8 cm³/mol. The Bertz CT molecular complexity index is 342. The van der Waals surface area contributed by atoms with Crippen molar-refractivity contribution < 1.29 is 9.53 Å². The van der Waals surface area contributed by atoms with Crippen LogP contribution in [0.15, 0.2) is 12.3 Å². The van der Waals surface area contributed by atoms with E-state index in [1.54, 1.807) is 12.3 Å². The van der Waals surface area contributed by atoms with E-state index >= 15 is 0 Å². The quantitative estimate of drug-likeness (QED) is 0.775. The predicted octanol–water partition coefficient (Wildman–Crippen LogP) is 2.22. The first kappa shape index (κ1) is 11.6. The third-order valence-corrected chi connectivity index (χ3v) is 2.07. The summed E-state index contributed by atoms with van der Waals surface area (Å²) in [5.74, 6) is -0.303. The van der Waals surface area contributed by atoms with E-state index in [4.69, 9.17) is 10.5 Å². The Morgan fingerprint density at radius 3 is 2.80 bits per heavy atom. The second-order valence-electron chi connectivity index (χ2n) is 3.80. The van der Waals surface area contributed by atoms with Crippen LogP contribution in [0.4, 0.5) is 5.69 Å². The van der Waals surface area contributed by atoms with Crippen molar-refractivity contribution in [2.24, 2.45) is 0 Å². The number of nitrogens with two attached hydrogens (primary N) is 1. The summed E-state index contributed by atoms with van der Waals surface area (Å²) in [6, 6.07) is 1.85. The SMILES string of the molecule is CCCOC(=O)c1cc(N)cn1C(C)C. The lowest BCUT2D eigenvalue weighted by molar-refractivity contribution is 0.0491. The summed E-state index contributed by atoms with van der Waals surface area (Å²) in [6.45, 7) is 6.40. The number of hydrogen-bond acceptors (Lipinski definition) is 3. The maximum absolute atomic E-state index is 11.6. The van der Waals surface area contributed by atoms with E-state index in [2.05, 4.69) is 0 Å². The van der Waals surface area contributed by atoms with Crippen LogP contribution < -0.4 is 5.73 Å². The van der Waals surface area contributed by atoms with E-state index in [0.29, 0.717) is 18.0 Å². The Morgan fingerprint density at radius 2 is 2.27 bits per heavy atom. The standard InChI is InChI=1S/C11H18N2O2/c1-4-5-15-11(14)10-6-9(12)7-13(10)8(2)3/h6-8H,4-5,12H2,1-3H3. The van der Waals surface area contributed by atoms with Gasteiger partial charge in [0.25, 0.3) is 0 Å². The number of nitrogens with zero attached hydrogens (tertiary/aromatic N) is 1. The molecule has 0 spiro atoms. The minimum atomic E-state index is -0.303. The number of carbonyl (C=O) groups is 1. The zero-order chi connectivity index (χ0) is 11.4. The van der Waals surface area contributed by atoms with E-state index in [9.17, 15) is 4.79 Å². The van der Waals surface area contributed by atoms with E-state index in [1.165, 1.54) is 0 Å². The average molecular weight is 210 g/mol. The molecule has 0 saturated carbocycles. The molecular formula is C11H18N2O2. The van der Waals surface area contributed by atoms with Crippen molar-refractivity contribution in [3.63, 3.8) is 0 Å². The van der Waals surface area contributed by atoms with Gasteiger partial charge in [0.1, 0.15) is 5.69 Å². The molecule has 0 aromatic carbocycles. The minimum Gasteiger partial charge on any atom is -0.461 e. The van der Waals surface area contributed by atoms with Crippen LogP contribution in [0.2, 0.25) is 0 Å². The molecule has 4 heteroatoms. The van der Waals surface area contributed by atoms with Gasteiger partial charge < -0.3 is 15.0 Å². The first-order chi connectivity index (χ1) is 7.06. The molecule has 0 fully saturated rings. The van der Waals surface area contributed by atoms with Crippen LogP contribution in [0.3, 0.4) is 0 Å². The van der Waals surface area contributed by atoms with Gasteiger partial charge in [-0.2, -0.15) is 0 Å². The highest BCUT2D eigenvalue weighted by atomic mass is 16.5. The van der Waals surface area contributed by atoms with Gasteiger partial charge in [-0.15, -0.1) is 0 Å². The van der Waals surface area contributed by atoms with E-state index in [-0.39, 0.29) is 12.0 Å². The molecule has 4 nitrogen and oxygen atoms in total. The van der Waals surface area contributed by atoms with Gasteiger partial charge in [0.15, 0.2) is 0 Å². The van der Waals surface area contributed by atoms with Crippen molar-refractivity contribution in [3.8, 4) is 0 Å². The molecule has 0 radical (unpaired) electrons. The lowest BCUT2D eigenvalue weighted by Crippen LogP contribution is -2.13. The van der Waals surface area contributed by atoms with Crippen molar-refractivity contribution in [1.82, 2.24) is 4.57 Å². The van der Waals surface area contributed by atoms with Gasteiger partial charge in [0.2, 0.25) is 0 Å². The largest absolute Gasteiger partial charge is 0.461 e. The number of carbonyl (C=O) groups excluding carboxylic acids is 1. The third-order valence-electron chi connectivity index (χ3n) is 2.07. The van der Waals surface area contributed by atoms with Crippen molar-refractivity contribution >= 4 is 11.7 Å². The lowest BCUT2D eigenvalue weighted by Gasteiger charge is -2.11. The Hall–Kier alpha value is -1.45. The topological polar surface area (TPSA) is 57.2 Å². The van der Waals surface area contributed by atoms with Crippen LogP contribution in [0.5, 0.6) is 0 Å². The van der Waals surface area contributed by atoms with Gasteiger partial charge in [0, 0.05) is 12.2 Å². The van der Waals surface area contributed by atoms with Crippen LogP contribution >= 0.6 is 0 Å². The van der Waals surface area contributed by atoms with Gasteiger partial charge >= 0.3 is 5.97 Å². The molecule has 1 aromatic rings. The summed E-state index contributed by atoms with van der Waals surface area (Å²) in [5.41, 5.74) is 6.77. The molecule has 0 atom stereocenters. The summed E-state index contributed by atoms with van der Waals surface area (Å²) in [6.07, 6.45) is 2.58. The number of ether oxygens (including phenoxy) is 1. The second kappa shape index (κ2) is 4.87. The van der Waals surface area contributed by atoms with Crippen molar-refractivity contribution in [2.75, 3.05) is 12.3 Å². The Kier molecular flexibility index (Phi) is 3.77. The second-order valence-corrected chi connectivity index (χ2v) is 3.80. The van der Waals surface area contributed by atoms with Gasteiger partial charge in [-0.05, 0) is 26.3 Å². The maximum Gasteiger partial charge on any atom is 0.355 e. The molecule has 0 aliphatic rings. The molecular weight excluding hydrogens is 192 g/mol. The summed E-state index contributed by atoms with van der Waals surface area (Å²) in [4.78, 5) is 11.6. The third kappa shape index (κ3) is 2.75. The van der Waals surface area contributed by atoms with E-state index in [1.807, 2.05) is 25.3 Å². The highest BCUT2D eigenvalue weighted by Crippen LogP contribution is 2.17. The van der Waals surface area contributed by atoms with Crippen LogP contribution in [0.1, 0.15) is 43.7 Å².